The third-order valence-corrected chi connectivity index (χ3v) is 3.62. The van der Waals surface area contributed by atoms with Crippen LogP contribution < -0.4 is 20.1 Å². The monoisotopic (exact) mass is 344 g/mol. The summed E-state index contributed by atoms with van der Waals surface area (Å²) in [7, 11) is 3.34. The van der Waals surface area contributed by atoms with Crippen LogP contribution in [0.1, 0.15) is 31.4 Å². The fourth-order valence-corrected chi connectivity index (χ4v) is 2.40. The Morgan fingerprint density at radius 2 is 1.56 bits per heavy atom. The van der Waals surface area contributed by atoms with Gasteiger partial charge in [-0.25, -0.2) is 0 Å². The first-order valence-corrected chi connectivity index (χ1v) is 8.94. The van der Waals surface area contributed by atoms with Gasteiger partial charge in [-0.1, -0.05) is 26.0 Å². The van der Waals surface area contributed by atoms with Crippen molar-refractivity contribution in [2.24, 2.45) is 0 Å². The van der Waals surface area contributed by atoms with Crippen LogP contribution in [0.3, 0.4) is 0 Å². The molecule has 0 aromatic heterocycles. The Labute approximate surface area is 152 Å². The van der Waals surface area contributed by atoms with Crippen LogP contribution in [-0.4, -0.2) is 27.3 Å². The minimum absolute atomic E-state index is 0.804. The highest BCUT2D eigenvalue weighted by molar-refractivity contribution is 5.45. The number of ether oxygens (including phenoxy) is 2. The number of methoxy groups -OCH3 is 2. The lowest BCUT2D eigenvalue weighted by molar-refractivity contribution is 0.393. The highest BCUT2D eigenvalue weighted by Crippen LogP contribution is 2.22. The van der Waals surface area contributed by atoms with E-state index in [9.17, 15) is 0 Å². The first kappa shape index (κ1) is 20.8. The van der Waals surface area contributed by atoms with E-state index >= 15 is 0 Å². The van der Waals surface area contributed by atoms with Crippen molar-refractivity contribution in [1.82, 2.24) is 5.32 Å². The van der Waals surface area contributed by atoms with Gasteiger partial charge >= 0.3 is 0 Å². The van der Waals surface area contributed by atoms with Crippen molar-refractivity contribution in [1.29, 1.82) is 0 Å². The molecule has 0 saturated carbocycles. The van der Waals surface area contributed by atoms with E-state index in [0.717, 1.165) is 43.1 Å². The fraction of sp³-hybridized carbons (Fsp3) is 0.429. The number of rotatable bonds is 9. The van der Waals surface area contributed by atoms with Gasteiger partial charge in [0.25, 0.3) is 0 Å². The van der Waals surface area contributed by atoms with E-state index in [4.69, 9.17) is 9.47 Å². The van der Waals surface area contributed by atoms with E-state index in [1.807, 2.05) is 32.0 Å². The van der Waals surface area contributed by atoms with Crippen LogP contribution in [0.15, 0.2) is 42.5 Å². The molecule has 0 saturated heterocycles. The van der Waals surface area contributed by atoms with Crippen LogP contribution in [0, 0.1) is 6.92 Å². The van der Waals surface area contributed by atoms with E-state index in [1.54, 1.807) is 14.2 Å². The Morgan fingerprint density at radius 3 is 2.16 bits per heavy atom. The van der Waals surface area contributed by atoms with Gasteiger partial charge in [0.1, 0.15) is 11.5 Å². The Morgan fingerprint density at radius 1 is 0.880 bits per heavy atom. The molecule has 0 aliphatic heterocycles. The van der Waals surface area contributed by atoms with Crippen molar-refractivity contribution in [3.05, 3.63) is 53.6 Å². The van der Waals surface area contributed by atoms with Gasteiger partial charge in [-0.2, -0.15) is 0 Å². The number of benzene rings is 2. The summed E-state index contributed by atoms with van der Waals surface area (Å²) in [5.41, 5.74) is 3.62. The van der Waals surface area contributed by atoms with E-state index in [-0.39, 0.29) is 0 Å². The fourth-order valence-electron chi connectivity index (χ4n) is 2.40. The van der Waals surface area contributed by atoms with Crippen molar-refractivity contribution >= 4 is 5.69 Å². The normalized spacial score (nSPS) is 9.80. The summed E-state index contributed by atoms with van der Waals surface area (Å²) >= 11 is 0. The minimum atomic E-state index is 0.804. The first-order chi connectivity index (χ1) is 12.2. The maximum absolute atomic E-state index is 5.28. The topological polar surface area (TPSA) is 42.5 Å². The Kier molecular flexibility index (Phi) is 10.2. The number of anilines is 1. The second-order valence-electron chi connectivity index (χ2n) is 5.55. The molecule has 25 heavy (non-hydrogen) atoms. The molecule has 2 N–H and O–H groups in total. The summed E-state index contributed by atoms with van der Waals surface area (Å²) in [6, 6.07) is 14.4. The number of hydrogen-bond acceptors (Lipinski definition) is 4. The van der Waals surface area contributed by atoms with Crippen molar-refractivity contribution in [3.8, 4) is 11.5 Å². The van der Waals surface area contributed by atoms with E-state index in [0.29, 0.717) is 0 Å². The third-order valence-electron chi connectivity index (χ3n) is 3.62. The van der Waals surface area contributed by atoms with Gasteiger partial charge in [-0.15, -0.1) is 0 Å². The maximum Gasteiger partial charge on any atom is 0.122 e. The average molecular weight is 344 g/mol. The lowest BCUT2D eigenvalue weighted by Gasteiger charge is -2.10. The lowest BCUT2D eigenvalue weighted by atomic mass is 10.2. The standard InChI is InChI=1S/C19H26N2O2.C2H6/c1-15-6-4-7-17(10-15)21-9-5-8-20-14-16-11-18(22-2)13-19(12-16)23-3;1-2/h4,6-7,10-13,20-21H,5,8-9,14H2,1-3H3;1-2H3. The molecule has 0 atom stereocenters. The molecular weight excluding hydrogens is 312 g/mol. The van der Waals surface area contributed by atoms with Crippen LogP contribution in [0.4, 0.5) is 5.69 Å². The maximum atomic E-state index is 5.28. The zero-order valence-electron chi connectivity index (χ0n) is 16.2. The van der Waals surface area contributed by atoms with E-state index < -0.39 is 0 Å². The van der Waals surface area contributed by atoms with Gasteiger partial charge < -0.3 is 20.1 Å². The molecule has 138 valence electrons. The van der Waals surface area contributed by atoms with Crippen LogP contribution in [0.5, 0.6) is 11.5 Å². The van der Waals surface area contributed by atoms with Gasteiger partial charge in [0.15, 0.2) is 0 Å². The van der Waals surface area contributed by atoms with Gasteiger partial charge in [0, 0.05) is 24.8 Å². The Balaban J connectivity index is 0.00000151. The smallest absolute Gasteiger partial charge is 0.122 e. The minimum Gasteiger partial charge on any atom is -0.497 e. The summed E-state index contributed by atoms with van der Waals surface area (Å²) in [6.07, 6.45) is 1.06. The van der Waals surface area contributed by atoms with Crippen LogP contribution in [0.25, 0.3) is 0 Å². The largest absolute Gasteiger partial charge is 0.497 e. The van der Waals surface area contributed by atoms with Crippen molar-refractivity contribution < 1.29 is 9.47 Å². The molecule has 2 aromatic carbocycles. The summed E-state index contributed by atoms with van der Waals surface area (Å²) in [5.74, 6) is 1.64. The second-order valence-corrected chi connectivity index (χ2v) is 5.55. The highest BCUT2D eigenvalue weighted by atomic mass is 16.5. The van der Waals surface area contributed by atoms with Crippen LogP contribution in [0.2, 0.25) is 0 Å². The average Bonchev–Trinajstić information content (AvgIpc) is 2.66. The van der Waals surface area contributed by atoms with Gasteiger partial charge in [-0.3, -0.25) is 0 Å². The second kappa shape index (κ2) is 12.2. The quantitative estimate of drug-likeness (QED) is 0.651. The number of nitrogens with one attached hydrogen (secondary N) is 2. The number of hydrogen-bond donors (Lipinski definition) is 2. The highest BCUT2D eigenvalue weighted by Gasteiger charge is 2.01. The SMILES string of the molecule is CC.COc1cc(CNCCCNc2cccc(C)c2)cc(OC)c1. The van der Waals surface area contributed by atoms with Crippen molar-refractivity contribution in [2.75, 3.05) is 32.6 Å². The molecule has 0 fully saturated rings. The van der Waals surface area contributed by atoms with Gasteiger partial charge in [-0.05, 0) is 55.3 Å². The van der Waals surface area contributed by atoms with Crippen LogP contribution in [-0.2, 0) is 6.54 Å². The molecule has 0 radical (unpaired) electrons. The molecule has 4 heteroatoms. The summed E-state index contributed by atoms with van der Waals surface area (Å²) in [5, 5.41) is 6.89. The zero-order valence-corrected chi connectivity index (χ0v) is 16.2. The molecule has 2 aromatic rings. The zero-order chi connectivity index (χ0) is 18.5. The molecule has 0 bridgehead atoms. The van der Waals surface area contributed by atoms with Gasteiger partial charge in [0.2, 0.25) is 0 Å². The summed E-state index contributed by atoms with van der Waals surface area (Å²) < 4.78 is 10.6. The molecule has 0 aliphatic rings. The molecule has 0 unspecified atom stereocenters. The molecule has 2 rings (SSSR count). The predicted octanol–water partition coefficient (Wildman–Crippen LogP) is 4.63. The summed E-state index contributed by atoms with van der Waals surface area (Å²) in [6.45, 7) is 8.82. The van der Waals surface area contributed by atoms with E-state index in [1.165, 1.54) is 11.3 Å². The van der Waals surface area contributed by atoms with Gasteiger partial charge in [0.05, 0.1) is 14.2 Å². The summed E-state index contributed by atoms with van der Waals surface area (Å²) in [4.78, 5) is 0. The van der Waals surface area contributed by atoms with Crippen LogP contribution >= 0.6 is 0 Å². The third kappa shape index (κ3) is 7.94. The Bertz CT molecular complexity index is 592. The Hall–Kier alpha value is -2.20. The molecule has 0 heterocycles. The van der Waals surface area contributed by atoms with Crippen molar-refractivity contribution in [2.45, 2.75) is 33.7 Å². The number of aryl methyl sites for hydroxylation is 1. The predicted molar refractivity (Wildman–Crippen MR) is 107 cm³/mol. The molecule has 0 spiro atoms. The molecule has 0 amide bonds. The molecule has 4 nitrogen and oxygen atoms in total. The molecule has 0 aliphatic carbocycles. The van der Waals surface area contributed by atoms with Crippen molar-refractivity contribution in [3.63, 3.8) is 0 Å². The van der Waals surface area contributed by atoms with E-state index in [2.05, 4.69) is 41.8 Å². The lowest BCUT2D eigenvalue weighted by Crippen LogP contribution is -2.17. The first-order valence-electron chi connectivity index (χ1n) is 8.94. The molecular formula is C21H32N2O2.